The maximum atomic E-state index is 11.1. The fraction of sp³-hybridized carbons (Fsp3) is 0.410. The molecule has 0 aliphatic heterocycles. The van der Waals surface area contributed by atoms with E-state index in [0.717, 1.165) is 79.7 Å². The summed E-state index contributed by atoms with van der Waals surface area (Å²) in [6.07, 6.45) is 12.2. The highest BCUT2D eigenvalue weighted by Gasteiger charge is 2.31. The molecule has 0 bridgehead atoms. The molecule has 0 amide bonds. The van der Waals surface area contributed by atoms with E-state index in [9.17, 15) is 4.79 Å². The molecule has 6 nitrogen and oxygen atoms in total. The van der Waals surface area contributed by atoms with Gasteiger partial charge < -0.3 is 15.4 Å². The van der Waals surface area contributed by atoms with E-state index in [2.05, 4.69) is 89.7 Å². The number of carbonyl (C=O) groups excluding carboxylic acids is 1. The van der Waals surface area contributed by atoms with Gasteiger partial charge in [0, 0.05) is 54.0 Å². The zero-order valence-corrected chi connectivity index (χ0v) is 27.5. The maximum Gasteiger partial charge on any atom is 0.150 e. The van der Waals surface area contributed by atoms with Crippen LogP contribution in [-0.2, 0) is 11.8 Å². The lowest BCUT2D eigenvalue weighted by Gasteiger charge is -2.36. The minimum Gasteiger partial charge on any atom is -0.490 e. The highest BCUT2D eigenvalue weighted by molar-refractivity contribution is 5.78. The Morgan fingerprint density at radius 2 is 1.71 bits per heavy atom. The number of unbranched alkanes of at least 4 members (excludes halogenated alkanes) is 2. The number of nitrogens with zero attached hydrogens (tertiary/aromatic N) is 2. The van der Waals surface area contributed by atoms with Gasteiger partial charge in [-0.15, -0.1) is 0 Å². The van der Waals surface area contributed by atoms with Gasteiger partial charge in [-0.25, -0.2) is 0 Å². The monoisotopic (exact) mass is 606 g/mol. The summed E-state index contributed by atoms with van der Waals surface area (Å²) in [5, 5.41) is 6.74. The molecule has 6 heteroatoms. The normalized spacial score (nSPS) is 16.8. The topological polar surface area (TPSA) is 75.1 Å². The second-order valence-electron chi connectivity index (χ2n) is 12.6. The summed E-state index contributed by atoms with van der Waals surface area (Å²) in [4.78, 5) is 19.8. The SMILES string of the molecule is C=N/C(=C\C=NCCCCCNC)CCc1ccc(C(C)(C)c2ccc(OC3CC(Nc4ccc(C=O)c(C)c4)C3)cc2)cc1. The van der Waals surface area contributed by atoms with E-state index in [0.29, 0.717) is 6.04 Å². The number of aryl methyl sites for hydroxylation is 2. The molecule has 0 radical (unpaired) electrons. The van der Waals surface area contributed by atoms with Crippen LogP contribution in [0.25, 0.3) is 0 Å². The average Bonchev–Trinajstić information content (AvgIpc) is 3.03. The number of ether oxygens (including phenoxy) is 1. The summed E-state index contributed by atoms with van der Waals surface area (Å²) in [5.41, 5.74) is 7.45. The first kappa shape index (κ1) is 33.9. The Bertz CT molecular complexity index is 1430. The fourth-order valence-electron chi connectivity index (χ4n) is 5.69. The van der Waals surface area contributed by atoms with Gasteiger partial charge in [0.1, 0.15) is 18.1 Å². The summed E-state index contributed by atoms with van der Waals surface area (Å²) >= 11 is 0. The molecule has 1 fully saturated rings. The molecule has 4 rings (SSSR count). The molecule has 45 heavy (non-hydrogen) atoms. The van der Waals surface area contributed by atoms with Crippen LogP contribution in [0.4, 0.5) is 5.69 Å². The molecule has 238 valence electrons. The Hall–Kier alpha value is -4.03. The second kappa shape index (κ2) is 16.9. The summed E-state index contributed by atoms with van der Waals surface area (Å²) in [7, 11) is 1.99. The number of anilines is 1. The van der Waals surface area contributed by atoms with Crippen LogP contribution >= 0.6 is 0 Å². The zero-order valence-electron chi connectivity index (χ0n) is 27.5. The summed E-state index contributed by atoms with van der Waals surface area (Å²) in [5.74, 6) is 0.911. The van der Waals surface area contributed by atoms with Crippen molar-refractivity contribution in [2.75, 3.05) is 25.5 Å². The smallest absolute Gasteiger partial charge is 0.150 e. The Morgan fingerprint density at radius 1 is 1.00 bits per heavy atom. The van der Waals surface area contributed by atoms with Gasteiger partial charge in [0.15, 0.2) is 0 Å². The van der Waals surface area contributed by atoms with Crippen molar-refractivity contribution in [1.82, 2.24) is 5.32 Å². The standard InChI is InChI=1S/C39H50N4O2/c1-29-25-35(18-12-31(29)28-44)43-36-26-38(27-36)45-37-19-15-33(16-20-37)39(2,3)32-13-9-30(10-14-32)11-17-34(41-5)21-24-42-23-8-6-7-22-40-4/h9-10,12-16,18-21,24-25,28,36,38,40,43H,5-8,11,17,22-23,26-27H2,1-4H3/b34-21-,42-24?. The van der Waals surface area contributed by atoms with Crippen LogP contribution in [0.3, 0.4) is 0 Å². The molecule has 1 aliphatic rings. The first-order chi connectivity index (χ1) is 21.8. The quantitative estimate of drug-likeness (QED) is 0.0871. The first-order valence-electron chi connectivity index (χ1n) is 16.3. The molecule has 0 heterocycles. The van der Waals surface area contributed by atoms with Crippen LogP contribution in [0, 0.1) is 6.92 Å². The third-order valence-corrected chi connectivity index (χ3v) is 8.88. The van der Waals surface area contributed by atoms with Crippen molar-refractivity contribution < 1.29 is 9.53 Å². The molecule has 3 aromatic carbocycles. The minimum absolute atomic E-state index is 0.128. The fourth-order valence-corrected chi connectivity index (χ4v) is 5.69. The van der Waals surface area contributed by atoms with E-state index in [4.69, 9.17) is 4.74 Å². The van der Waals surface area contributed by atoms with Crippen LogP contribution in [0.5, 0.6) is 5.75 Å². The van der Waals surface area contributed by atoms with E-state index >= 15 is 0 Å². The van der Waals surface area contributed by atoms with Crippen molar-refractivity contribution in [3.63, 3.8) is 0 Å². The number of hydrogen-bond donors (Lipinski definition) is 2. The number of rotatable bonds is 18. The third kappa shape index (κ3) is 9.98. The van der Waals surface area contributed by atoms with E-state index in [1.54, 1.807) is 0 Å². The van der Waals surface area contributed by atoms with Gasteiger partial charge in [-0.3, -0.25) is 14.8 Å². The van der Waals surface area contributed by atoms with Crippen LogP contribution < -0.4 is 15.4 Å². The largest absolute Gasteiger partial charge is 0.490 e. The number of benzene rings is 3. The van der Waals surface area contributed by atoms with Gasteiger partial charge >= 0.3 is 0 Å². The van der Waals surface area contributed by atoms with Gasteiger partial charge in [-0.1, -0.05) is 56.7 Å². The molecular formula is C39H50N4O2. The van der Waals surface area contributed by atoms with Crippen molar-refractivity contribution in [3.05, 3.63) is 106 Å². The lowest BCUT2D eigenvalue weighted by atomic mass is 9.78. The van der Waals surface area contributed by atoms with Crippen molar-refractivity contribution in [3.8, 4) is 5.75 Å². The zero-order chi connectivity index (χ0) is 32.1. The van der Waals surface area contributed by atoms with E-state index in [1.807, 2.05) is 44.5 Å². The van der Waals surface area contributed by atoms with Gasteiger partial charge in [-0.05, 0) is 112 Å². The molecular weight excluding hydrogens is 556 g/mol. The maximum absolute atomic E-state index is 11.1. The molecule has 0 aromatic heterocycles. The van der Waals surface area contributed by atoms with Crippen LogP contribution in [-0.4, -0.2) is 51.5 Å². The van der Waals surface area contributed by atoms with Gasteiger partial charge in [0.2, 0.25) is 0 Å². The van der Waals surface area contributed by atoms with Crippen molar-refractivity contribution in [2.45, 2.75) is 83.3 Å². The number of allylic oxidation sites excluding steroid dienone is 2. The average molecular weight is 607 g/mol. The van der Waals surface area contributed by atoms with Crippen molar-refractivity contribution in [1.29, 1.82) is 0 Å². The molecule has 2 N–H and O–H groups in total. The summed E-state index contributed by atoms with van der Waals surface area (Å²) < 4.78 is 6.26. The summed E-state index contributed by atoms with van der Waals surface area (Å²) in [6.45, 7) is 12.2. The predicted octanol–water partition coefficient (Wildman–Crippen LogP) is 8.13. The third-order valence-electron chi connectivity index (χ3n) is 8.88. The molecule has 1 aliphatic carbocycles. The highest BCUT2D eigenvalue weighted by Crippen LogP contribution is 2.34. The van der Waals surface area contributed by atoms with Gasteiger partial charge in [0.05, 0.1) is 0 Å². The minimum atomic E-state index is -0.128. The Balaban J connectivity index is 1.22. The van der Waals surface area contributed by atoms with Crippen LogP contribution in [0.1, 0.15) is 85.0 Å². The summed E-state index contributed by atoms with van der Waals surface area (Å²) in [6, 6.07) is 23.8. The lowest BCUT2D eigenvalue weighted by molar-refractivity contribution is 0.108. The molecule has 3 aromatic rings. The Labute approximate surface area is 270 Å². The van der Waals surface area contributed by atoms with E-state index in [-0.39, 0.29) is 11.5 Å². The lowest BCUT2D eigenvalue weighted by Crippen LogP contribution is -2.42. The number of aldehydes is 1. The number of aliphatic imine (C=N–C) groups is 2. The van der Waals surface area contributed by atoms with Gasteiger partial charge in [0.25, 0.3) is 0 Å². The number of carbonyl (C=O) groups is 1. The number of nitrogens with one attached hydrogen (secondary N) is 2. The van der Waals surface area contributed by atoms with E-state index in [1.165, 1.54) is 29.5 Å². The molecule has 0 saturated heterocycles. The Kier molecular flexibility index (Phi) is 12.7. The number of hydrogen-bond acceptors (Lipinski definition) is 6. The highest BCUT2D eigenvalue weighted by atomic mass is 16.5. The van der Waals surface area contributed by atoms with Crippen LogP contribution in [0.15, 0.2) is 88.5 Å². The van der Waals surface area contributed by atoms with Crippen LogP contribution in [0.2, 0.25) is 0 Å². The molecule has 0 atom stereocenters. The Morgan fingerprint density at radius 3 is 2.36 bits per heavy atom. The molecule has 0 unspecified atom stereocenters. The first-order valence-corrected chi connectivity index (χ1v) is 16.3. The van der Waals surface area contributed by atoms with Crippen molar-refractivity contribution >= 4 is 24.9 Å². The predicted molar refractivity (Wildman–Crippen MR) is 190 cm³/mol. The molecule has 1 saturated carbocycles. The van der Waals surface area contributed by atoms with E-state index < -0.39 is 0 Å². The van der Waals surface area contributed by atoms with Gasteiger partial charge in [-0.2, -0.15) is 0 Å². The second-order valence-corrected chi connectivity index (χ2v) is 12.6. The molecule has 0 spiro atoms. The van der Waals surface area contributed by atoms with Crippen molar-refractivity contribution in [2.24, 2.45) is 9.98 Å².